The van der Waals surface area contributed by atoms with E-state index in [0.717, 1.165) is 31.3 Å². The van der Waals surface area contributed by atoms with Gasteiger partial charge in [0.2, 0.25) is 0 Å². The number of likely N-dealkylation sites (N-methyl/N-ethyl adjacent to an activating group) is 1. The van der Waals surface area contributed by atoms with Gasteiger partial charge in [-0.1, -0.05) is 24.3 Å². The first kappa shape index (κ1) is 26.9. The average Bonchev–Trinajstić information content (AvgIpc) is 3.30. The van der Waals surface area contributed by atoms with Crippen molar-refractivity contribution in [3.05, 3.63) is 52.2 Å². The average molecular weight is 572 g/mol. The zero-order valence-corrected chi connectivity index (χ0v) is 23.0. The molecule has 1 aromatic heterocycles. The fourth-order valence-electron chi connectivity index (χ4n) is 4.54. The number of aliphatic imine (C=N–C) groups is 1. The number of halogens is 1. The van der Waals surface area contributed by atoms with Crippen LogP contribution in [0.15, 0.2) is 46.8 Å². The second kappa shape index (κ2) is 13.4. The number of benzene rings is 1. The first-order chi connectivity index (χ1) is 15.0. The summed E-state index contributed by atoms with van der Waals surface area (Å²) in [6.45, 7) is 2.81. The van der Waals surface area contributed by atoms with Gasteiger partial charge in [0.15, 0.2) is 5.96 Å². The molecule has 178 valence electrons. The van der Waals surface area contributed by atoms with E-state index in [0.29, 0.717) is 12.0 Å². The fraction of sp³-hybridized carbons (Fsp3) is 0.542. The van der Waals surface area contributed by atoms with E-state index in [1.54, 1.807) is 7.11 Å². The van der Waals surface area contributed by atoms with Crippen molar-refractivity contribution in [1.82, 2.24) is 20.4 Å². The number of thiophene rings is 1. The molecule has 6 nitrogen and oxygen atoms in total. The summed E-state index contributed by atoms with van der Waals surface area (Å²) < 4.78 is 5.59. The van der Waals surface area contributed by atoms with E-state index in [9.17, 15) is 0 Å². The first-order valence-corrected chi connectivity index (χ1v) is 11.9. The molecule has 0 saturated carbocycles. The number of guanidine groups is 1. The van der Waals surface area contributed by atoms with Crippen LogP contribution in [-0.4, -0.2) is 70.7 Å². The van der Waals surface area contributed by atoms with E-state index in [-0.39, 0.29) is 30.0 Å². The number of nitrogens with one attached hydrogen (secondary N) is 2. The van der Waals surface area contributed by atoms with E-state index in [1.165, 1.54) is 23.3 Å². The molecule has 0 amide bonds. The predicted molar refractivity (Wildman–Crippen MR) is 147 cm³/mol. The van der Waals surface area contributed by atoms with Gasteiger partial charge in [0.25, 0.3) is 0 Å². The van der Waals surface area contributed by atoms with Crippen LogP contribution in [0.3, 0.4) is 0 Å². The third-order valence-electron chi connectivity index (χ3n) is 6.18. The topological polar surface area (TPSA) is 52.1 Å². The van der Waals surface area contributed by atoms with Gasteiger partial charge in [-0.25, -0.2) is 0 Å². The summed E-state index contributed by atoms with van der Waals surface area (Å²) in [4.78, 5) is 10.7. The monoisotopic (exact) mass is 571 g/mol. The standard InChI is InChI=1S/C24H37N5OS.HI/c1-25-24(27-17-20(28(2)3)19-11-6-7-12-21(19)30-5)26-16-18-10-8-14-29(4)23(18)22-13-9-15-31-22;/h6-7,9,11-13,15,18,20,23H,8,10,14,16-17H2,1-5H3,(H2,25,26,27);1H. The van der Waals surface area contributed by atoms with Crippen molar-refractivity contribution in [2.24, 2.45) is 10.9 Å². The molecule has 1 aliphatic rings. The van der Waals surface area contributed by atoms with Gasteiger partial charge in [0, 0.05) is 36.6 Å². The molecule has 32 heavy (non-hydrogen) atoms. The Morgan fingerprint density at radius 2 is 2.03 bits per heavy atom. The Bertz CT molecular complexity index is 830. The summed E-state index contributed by atoms with van der Waals surface area (Å²) in [7, 11) is 10.0. The summed E-state index contributed by atoms with van der Waals surface area (Å²) in [6, 6.07) is 13.3. The molecule has 3 atom stereocenters. The third-order valence-corrected chi connectivity index (χ3v) is 7.12. The molecule has 1 aliphatic heterocycles. The molecule has 2 aromatic rings. The SMILES string of the molecule is CN=C(NCC1CCCN(C)C1c1cccs1)NCC(c1ccccc1OC)N(C)C.I. The van der Waals surface area contributed by atoms with E-state index in [2.05, 4.69) is 76.2 Å². The van der Waals surface area contributed by atoms with Crippen LogP contribution in [0.5, 0.6) is 5.75 Å². The normalized spacial score (nSPS) is 20.5. The number of hydrogen-bond donors (Lipinski definition) is 2. The maximum Gasteiger partial charge on any atom is 0.191 e. The lowest BCUT2D eigenvalue weighted by Gasteiger charge is -2.39. The number of para-hydroxylation sites is 1. The van der Waals surface area contributed by atoms with E-state index >= 15 is 0 Å². The molecule has 2 N–H and O–H groups in total. The van der Waals surface area contributed by atoms with Crippen molar-refractivity contribution in [1.29, 1.82) is 0 Å². The minimum Gasteiger partial charge on any atom is -0.496 e. The summed E-state index contributed by atoms with van der Waals surface area (Å²) in [6.07, 6.45) is 2.48. The van der Waals surface area contributed by atoms with Gasteiger partial charge < -0.3 is 20.3 Å². The number of ether oxygens (including phenoxy) is 1. The van der Waals surface area contributed by atoms with E-state index in [1.807, 2.05) is 30.5 Å². The Kier molecular flexibility index (Phi) is 11.2. The zero-order chi connectivity index (χ0) is 22.2. The van der Waals surface area contributed by atoms with Gasteiger partial charge in [-0.05, 0) is 64.0 Å². The van der Waals surface area contributed by atoms with Crippen molar-refractivity contribution in [3.8, 4) is 5.75 Å². The van der Waals surface area contributed by atoms with Crippen molar-refractivity contribution in [2.75, 3.05) is 54.9 Å². The van der Waals surface area contributed by atoms with Crippen LogP contribution in [0.4, 0.5) is 0 Å². The molecule has 0 bridgehead atoms. The molecule has 1 saturated heterocycles. The highest BCUT2D eigenvalue weighted by Crippen LogP contribution is 2.36. The molecular formula is C24H38IN5OS. The van der Waals surface area contributed by atoms with Gasteiger partial charge in [0.1, 0.15) is 5.75 Å². The number of methoxy groups -OCH3 is 1. The van der Waals surface area contributed by atoms with Crippen LogP contribution in [-0.2, 0) is 0 Å². The Hall–Kier alpha value is -1.36. The number of rotatable bonds is 8. The van der Waals surface area contributed by atoms with Crippen LogP contribution in [0.25, 0.3) is 0 Å². The molecule has 8 heteroatoms. The highest BCUT2D eigenvalue weighted by molar-refractivity contribution is 14.0. The number of piperidine rings is 1. The van der Waals surface area contributed by atoms with Gasteiger partial charge in [-0.3, -0.25) is 9.89 Å². The minimum absolute atomic E-state index is 0. The van der Waals surface area contributed by atoms with Crippen LogP contribution in [0.2, 0.25) is 0 Å². The number of nitrogens with zero attached hydrogens (tertiary/aromatic N) is 3. The predicted octanol–water partition coefficient (Wildman–Crippen LogP) is 4.23. The van der Waals surface area contributed by atoms with Crippen LogP contribution >= 0.6 is 35.3 Å². The summed E-state index contributed by atoms with van der Waals surface area (Å²) in [5.74, 6) is 2.32. The van der Waals surface area contributed by atoms with Crippen LogP contribution in [0, 0.1) is 5.92 Å². The Labute approximate surface area is 214 Å². The van der Waals surface area contributed by atoms with Gasteiger partial charge in [-0.15, -0.1) is 35.3 Å². The smallest absolute Gasteiger partial charge is 0.191 e. The molecule has 1 aromatic carbocycles. The molecule has 0 spiro atoms. The third kappa shape index (κ3) is 6.82. The maximum absolute atomic E-state index is 5.59. The van der Waals surface area contributed by atoms with Crippen molar-refractivity contribution >= 4 is 41.3 Å². The summed E-state index contributed by atoms with van der Waals surface area (Å²) in [5.41, 5.74) is 1.17. The molecule has 2 heterocycles. The summed E-state index contributed by atoms with van der Waals surface area (Å²) in [5, 5.41) is 9.31. The Balaban J connectivity index is 0.00000363. The fourth-order valence-corrected chi connectivity index (χ4v) is 5.52. The Morgan fingerprint density at radius 1 is 1.25 bits per heavy atom. The molecule has 1 fully saturated rings. The van der Waals surface area contributed by atoms with Crippen molar-refractivity contribution < 1.29 is 4.74 Å². The minimum atomic E-state index is 0. The van der Waals surface area contributed by atoms with Gasteiger partial charge in [0.05, 0.1) is 13.2 Å². The molecule has 0 aliphatic carbocycles. The highest BCUT2D eigenvalue weighted by atomic mass is 127. The van der Waals surface area contributed by atoms with Crippen LogP contribution < -0.4 is 15.4 Å². The maximum atomic E-state index is 5.59. The summed E-state index contributed by atoms with van der Waals surface area (Å²) >= 11 is 1.86. The quantitative estimate of drug-likeness (QED) is 0.282. The van der Waals surface area contributed by atoms with Gasteiger partial charge >= 0.3 is 0 Å². The van der Waals surface area contributed by atoms with Gasteiger partial charge in [-0.2, -0.15) is 0 Å². The molecule has 3 rings (SSSR count). The second-order valence-corrected chi connectivity index (χ2v) is 9.38. The Morgan fingerprint density at radius 3 is 2.69 bits per heavy atom. The lowest BCUT2D eigenvalue weighted by molar-refractivity contribution is 0.125. The zero-order valence-electron chi connectivity index (χ0n) is 19.9. The largest absolute Gasteiger partial charge is 0.496 e. The number of likely N-dealkylation sites (tertiary alicyclic amines) is 1. The van der Waals surface area contributed by atoms with Crippen molar-refractivity contribution in [2.45, 2.75) is 24.9 Å². The lowest BCUT2D eigenvalue weighted by Crippen LogP contribution is -2.46. The molecule has 0 radical (unpaired) electrons. The van der Waals surface area contributed by atoms with Crippen molar-refractivity contribution in [3.63, 3.8) is 0 Å². The molecular weight excluding hydrogens is 533 g/mol. The highest BCUT2D eigenvalue weighted by Gasteiger charge is 2.31. The van der Waals surface area contributed by atoms with Crippen LogP contribution in [0.1, 0.15) is 35.4 Å². The molecule has 3 unspecified atom stereocenters. The first-order valence-electron chi connectivity index (χ1n) is 11.0. The number of hydrogen-bond acceptors (Lipinski definition) is 5. The van der Waals surface area contributed by atoms with E-state index in [4.69, 9.17) is 4.74 Å². The lowest BCUT2D eigenvalue weighted by atomic mass is 9.88. The second-order valence-electron chi connectivity index (χ2n) is 8.40. The van der Waals surface area contributed by atoms with E-state index < -0.39 is 0 Å².